The molecule has 4 rings (SSSR count). The van der Waals surface area contributed by atoms with Crippen molar-refractivity contribution in [1.82, 2.24) is 0 Å². The van der Waals surface area contributed by atoms with Crippen molar-refractivity contribution < 1.29 is 48.6 Å². The Labute approximate surface area is 179 Å². The summed E-state index contributed by atoms with van der Waals surface area (Å²) in [5.74, 6) is -6.18. The fourth-order valence-electron chi connectivity index (χ4n) is 3.44. The van der Waals surface area contributed by atoms with Gasteiger partial charge in [0.2, 0.25) is 0 Å². The average molecular weight is 446 g/mol. The van der Waals surface area contributed by atoms with Gasteiger partial charge in [-0.25, -0.2) is 13.6 Å². The van der Waals surface area contributed by atoms with Crippen LogP contribution in [-0.4, -0.2) is 37.6 Å². The third kappa shape index (κ3) is 3.78. The Balaban J connectivity index is 1.72. The Hall–Kier alpha value is -4.21. The van der Waals surface area contributed by atoms with Crippen LogP contribution in [0.1, 0.15) is 27.6 Å². The highest BCUT2D eigenvalue weighted by Crippen LogP contribution is 2.41. The summed E-state index contributed by atoms with van der Waals surface area (Å²) in [6.07, 6.45) is -2.54. The second kappa shape index (κ2) is 7.80. The van der Waals surface area contributed by atoms with E-state index in [9.17, 15) is 39.1 Å². The number of ether oxygens (including phenoxy) is 2. The number of phenolic OH excluding ortho intramolecular Hbond substituents is 5. The van der Waals surface area contributed by atoms with Crippen LogP contribution in [0.25, 0.3) is 0 Å². The molecule has 3 aromatic carbocycles. The van der Waals surface area contributed by atoms with Gasteiger partial charge >= 0.3 is 5.97 Å². The molecule has 0 amide bonds. The van der Waals surface area contributed by atoms with Crippen LogP contribution in [0.5, 0.6) is 34.5 Å². The van der Waals surface area contributed by atoms with Crippen molar-refractivity contribution >= 4 is 5.97 Å². The molecule has 2 atom stereocenters. The Morgan fingerprint density at radius 1 is 0.906 bits per heavy atom. The molecule has 166 valence electrons. The first-order valence-electron chi connectivity index (χ1n) is 9.26. The molecule has 3 aromatic rings. The Morgan fingerprint density at radius 3 is 2.25 bits per heavy atom. The van der Waals surface area contributed by atoms with Gasteiger partial charge in [0.25, 0.3) is 0 Å². The maximum absolute atomic E-state index is 14.3. The minimum atomic E-state index is -1.18. The van der Waals surface area contributed by atoms with Gasteiger partial charge in [0, 0.05) is 29.7 Å². The first-order chi connectivity index (χ1) is 15.1. The van der Waals surface area contributed by atoms with Gasteiger partial charge in [0.1, 0.15) is 23.5 Å². The zero-order valence-corrected chi connectivity index (χ0v) is 16.1. The van der Waals surface area contributed by atoms with Crippen LogP contribution >= 0.6 is 0 Å². The number of benzene rings is 3. The summed E-state index contributed by atoms with van der Waals surface area (Å²) in [5, 5.41) is 48.1. The lowest BCUT2D eigenvalue weighted by Crippen LogP contribution is -2.35. The van der Waals surface area contributed by atoms with Crippen LogP contribution in [0.4, 0.5) is 8.78 Å². The molecule has 1 aliphatic rings. The molecule has 0 bridgehead atoms. The number of aromatic hydroxyl groups is 5. The van der Waals surface area contributed by atoms with E-state index in [-0.39, 0.29) is 28.9 Å². The molecule has 0 unspecified atom stereocenters. The van der Waals surface area contributed by atoms with E-state index in [1.54, 1.807) is 0 Å². The largest absolute Gasteiger partial charge is 0.504 e. The van der Waals surface area contributed by atoms with Gasteiger partial charge in [-0.3, -0.25) is 0 Å². The molecule has 0 radical (unpaired) electrons. The van der Waals surface area contributed by atoms with E-state index < -0.39 is 58.6 Å². The number of rotatable bonds is 3. The highest BCUT2D eigenvalue weighted by atomic mass is 19.1. The van der Waals surface area contributed by atoms with Gasteiger partial charge < -0.3 is 35.0 Å². The highest BCUT2D eigenvalue weighted by Gasteiger charge is 2.37. The number of fused-ring (bicyclic) bond motifs is 1. The van der Waals surface area contributed by atoms with E-state index in [2.05, 4.69) is 0 Å². The SMILES string of the molecule is O=C(O[C@H]1Cc2c(F)cc(F)cc2O[C@@H]1c1ccc(O)c(O)c1)c1cc(O)c(O)c(O)c1. The van der Waals surface area contributed by atoms with Crippen LogP contribution in [0, 0.1) is 11.6 Å². The zero-order valence-electron chi connectivity index (χ0n) is 16.1. The quantitative estimate of drug-likeness (QED) is 0.305. The first-order valence-corrected chi connectivity index (χ1v) is 9.26. The summed E-state index contributed by atoms with van der Waals surface area (Å²) >= 11 is 0. The van der Waals surface area contributed by atoms with Gasteiger partial charge in [-0.15, -0.1) is 0 Å². The van der Waals surface area contributed by atoms with Gasteiger partial charge in [-0.1, -0.05) is 6.07 Å². The highest BCUT2D eigenvalue weighted by molar-refractivity contribution is 5.91. The van der Waals surface area contributed by atoms with E-state index in [4.69, 9.17) is 9.47 Å². The summed E-state index contributed by atoms with van der Waals surface area (Å²) < 4.78 is 39.2. The Kier molecular flexibility index (Phi) is 5.13. The summed E-state index contributed by atoms with van der Waals surface area (Å²) in [6.45, 7) is 0. The van der Waals surface area contributed by atoms with Crippen LogP contribution in [0.3, 0.4) is 0 Å². The van der Waals surface area contributed by atoms with Crippen molar-refractivity contribution in [2.45, 2.75) is 18.6 Å². The van der Waals surface area contributed by atoms with Crippen molar-refractivity contribution in [1.29, 1.82) is 0 Å². The van der Waals surface area contributed by atoms with Crippen molar-refractivity contribution in [2.75, 3.05) is 0 Å². The minimum Gasteiger partial charge on any atom is -0.504 e. The standard InChI is InChI=1S/C22H16F2O8/c23-11-6-13(24)12-8-19(32-22(30)10-4-16(27)20(29)17(28)5-10)21(31-18(12)7-11)9-1-2-14(25)15(26)3-9/h1-7,19,21,25-29H,8H2/t19-,21+/m0/s1. The molecular formula is C22H16F2O8. The summed E-state index contributed by atoms with van der Waals surface area (Å²) in [4.78, 5) is 12.7. The van der Waals surface area contributed by atoms with Gasteiger partial charge in [-0.05, 0) is 24.3 Å². The molecule has 0 aromatic heterocycles. The minimum absolute atomic E-state index is 0.0418. The molecule has 0 saturated carbocycles. The number of esters is 1. The fourth-order valence-corrected chi connectivity index (χ4v) is 3.44. The summed E-state index contributed by atoms with van der Waals surface area (Å²) in [7, 11) is 0. The normalized spacial score (nSPS) is 17.3. The smallest absolute Gasteiger partial charge is 0.338 e. The number of carbonyl (C=O) groups excluding carboxylic acids is 1. The zero-order chi connectivity index (χ0) is 23.2. The van der Waals surface area contributed by atoms with Crippen LogP contribution in [0.2, 0.25) is 0 Å². The van der Waals surface area contributed by atoms with Gasteiger partial charge in [-0.2, -0.15) is 0 Å². The molecule has 0 spiro atoms. The molecule has 32 heavy (non-hydrogen) atoms. The predicted octanol–water partition coefficient (Wildman–Crippen LogP) is 3.39. The molecule has 0 fully saturated rings. The number of carbonyl (C=O) groups is 1. The van der Waals surface area contributed by atoms with Crippen molar-refractivity contribution in [3.8, 4) is 34.5 Å². The van der Waals surface area contributed by atoms with Crippen LogP contribution in [0.15, 0.2) is 42.5 Å². The number of halogens is 2. The van der Waals surface area contributed by atoms with Crippen LogP contribution < -0.4 is 4.74 Å². The van der Waals surface area contributed by atoms with E-state index in [0.717, 1.165) is 24.3 Å². The maximum Gasteiger partial charge on any atom is 0.338 e. The lowest BCUT2D eigenvalue weighted by Gasteiger charge is -2.33. The summed E-state index contributed by atoms with van der Waals surface area (Å²) in [5.41, 5.74) is -0.111. The number of hydrogen-bond donors (Lipinski definition) is 5. The molecule has 10 heteroatoms. The summed E-state index contributed by atoms with van der Waals surface area (Å²) in [6, 6.07) is 7.06. The fraction of sp³-hybridized carbons (Fsp3) is 0.136. The molecule has 5 N–H and O–H groups in total. The second-order valence-electron chi connectivity index (χ2n) is 7.16. The van der Waals surface area contributed by atoms with E-state index >= 15 is 0 Å². The topological polar surface area (TPSA) is 137 Å². The van der Waals surface area contributed by atoms with E-state index in [0.29, 0.717) is 6.07 Å². The monoisotopic (exact) mass is 446 g/mol. The Morgan fingerprint density at radius 2 is 1.59 bits per heavy atom. The third-order valence-electron chi connectivity index (χ3n) is 5.01. The van der Waals surface area contributed by atoms with Crippen molar-refractivity contribution in [3.05, 3.63) is 70.8 Å². The number of hydrogen-bond acceptors (Lipinski definition) is 8. The molecule has 0 aliphatic carbocycles. The molecule has 1 heterocycles. The van der Waals surface area contributed by atoms with Crippen molar-refractivity contribution in [3.63, 3.8) is 0 Å². The lowest BCUT2D eigenvalue weighted by atomic mass is 9.93. The average Bonchev–Trinajstić information content (AvgIpc) is 2.73. The van der Waals surface area contributed by atoms with Gasteiger partial charge in [0.05, 0.1) is 5.56 Å². The lowest BCUT2D eigenvalue weighted by molar-refractivity contribution is -0.0192. The molecular weight excluding hydrogens is 430 g/mol. The predicted molar refractivity (Wildman–Crippen MR) is 104 cm³/mol. The molecule has 8 nitrogen and oxygen atoms in total. The van der Waals surface area contributed by atoms with Crippen LogP contribution in [-0.2, 0) is 11.2 Å². The second-order valence-corrected chi connectivity index (χ2v) is 7.16. The maximum atomic E-state index is 14.3. The van der Waals surface area contributed by atoms with Gasteiger partial charge in [0.15, 0.2) is 34.9 Å². The third-order valence-corrected chi connectivity index (χ3v) is 5.01. The molecule has 1 aliphatic heterocycles. The van der Waals surface area contributed by atoms with Crippen molar-refractivity contribution in [2.24, 2.45) is 0 Å². The first kappa shape index (κ1) is 21.0. The number of phenols is 5. The van der Waals surface area contributed by atoms with E-state index in [1.807, 2.05) is 0 Å². The van der Waals surface area contributed by atoms with E-state index in [1.165, 1.54) is 12.1 Å². The molecule has 0 saturated heterocycles. The Bertz CT molecular complexity index is 1200.